The van der Waals surface area contributed by atoms with Crippen LogP contribution in [0.15, 0.2) is 51.2 Å². The fraction of sp³-hybridized carbons (Fsp3) is 0.200. The maximum absolute atomic E-state index is 5.37. The van der Waals surface area contributed by atoms with E-state index < -0.39 is 0 Å². The summed E-state index contributed by atoms with van der Waals surface area (Å²) < 4.78 is 10.5. The predicted octanol–water partition coefficient (Wildman–Crippen LogP) is 4.66. The zero-order valence-electron chi connectivity index (χ0n) is 11.6. The number of thioether (sulfide) groups is 1. The number of methoxy groups -OCH3 is 1. The van der Waals surface area contributed by atoms with Crippen molar-refractivity contribution in [3.05, 3.63) is 47.7 Å². The Morgan fingerprint density at radius 3 is 2.71 bits per heavy atom. The van der Waals surface area contributed by atoms with Crippen molar-refractivity contribution in [2.24, 2.45) is 0 Å². The van der Waals surface area contributed by atoms with E-state index in [-0.39, 0.29) is 5.25 Å². The van der Waals surface area contributed by atoms with Gasteiger partial charge < -0.3 is 9.26 Å². The number of rotatable bonds is 5. The molecule has 0 aliphatic rings. The summed E-state index contributed by atoms with van der Waals surface area (Å²) in [7, 11) is 1.66. The second-order valence-corrected chi connectivity index (χ2v) is 6.73. The molecule has 0 N–H and O–H groups in total. The van der Waals surface area contributed by atoms with Crippen molar-refractivity contribution in [1.82, 2.24) is 10.1 Å². The normalized spacial score (nSPS) is 12.3. The van der Waals surface area contributed by atoms with Gasteiger partial charge in [0.1, 0.15) is 5.75 Å². The van der Waals surface area contributed by atoms with Crippen molar-refractivity contribution < 1.29 is 9.26 Å². The molecular weight excluding hydrogens is 304 g/mol. The summed E-state index contributed by atoms with van der Waals surface area (Å²) in [5, 5.41) is 6.14. The number of hydrogen-bond acceptors (Lipinski definition) is 6. The number of benzene rings is 1. The molecule has 6 heteroatoms. The van der Waals surface area contributed by atoms with E-state index in [1.807, 2.05) is 41.8 Å². The Labute approximate surface area is 131 Å². The lowest BCUT2D eigenvalue weighted by Gasteiger charge is -2.07. The molecule has 1 atom stereocenters. The van der Waals surface area contributed by atoms with E-state index in [1.54, 1.807) is 30.2 Å². The Morgan fingerprint density at radius 2 is 2.05 bits per heavy atom. The first-order valence-electron chi connectivity index (χ1n) is 6.44. The fourth-order valence-corrected chi connectivity index (χ4v) is 3.36. The topological polar surface area (TPSA) is 48.2 Å². The lowest BCUT2D eigenvalue weighted by Crippen LogP contribution is -1.89. The average molecular weight is 318 g/mol. The third kappa shape index (κ3) is 3.28. The summed E-state index contributed by atoms with van der Waals surface area (Å²) >= 11 is 3.28. The molecule has 0 fully saturated rings. The summed E-state index contributed by atoms with van der Waals surface area (Å²) in [6.07, 6.45) is 0. The minimum absolute atomic E-state index is 0.0969. The number of aromatic nitrogens is 2. The van der Waals surface area contributed by atoms with Crippen LogP contribution in [0.1, 0.15) is 18.1 Å². The van der Waals surface area contributed by atoms with Crippen LogP contribution < -0.4 is 4.74 Å². The van der Waals surface area contributed by atoms with Crippen LogP contribution in [0.3, 0.4) is 0 Å². The van der Waals surface area contributed by atoms with Crippen molar-refractivity contribution >= 4 is 23.1 Å². The van der Waals surface area contributed by atoms with Gasteiger partial charge in [-0.3, -0.25) is 0 Å². The molecule has 0 aliphatic carbocycles. The third-order valence-electron chi connectivity index (χ3n) is 2.90. The lowest BCUT2D eigenvalue weighted by molar-refractivity contribution is 0.381. The first-order valence-corrected chi connectivity index (χ1v) is 8.20. The van der Waals surface area contributed by atoms with E-state index >= 15 is 0 Å². The quantitative estimate of drug-likeness (QED) is 0.640. The van der Waals surface area contributed by atoms with Crippen LogP contribution in [0.4, 0.5) is 0 Å². The Morgan fingerprint density at radius 1 is 1.24 bits per heavy atom. The first-order chi connectivity index (χ1) is 10.3. The molecule has 3 aromatic rings. The van der Waals surface area contributed by atoms with Gasteiger partial charge in [0.2, 0.25) is 11.7 Å². The molecule has 0 radical (unpaired) electrons. The molecule has 0 amide bonds. The second kappa shape index (κ2) is 6.32. The van der Waals surface area contributed by atoms with Gasteiger partial charge in [-0.2, -0.15) is 4.98 Å². The lowest BCUT2D eigenvalue weighted by atomic mass is 10.3. The minimum atomic E-state index is 0.0969. The van der Waals surface area contributed by atoms with E-state index in [0.717, 1.165) is 15.5 Å². The summed E-state index contributed by atoms with van der Waals surface area (Å²) in [6, 6.07) is 11.9. The summed E-state index contributed by atoms with van der Waals surface area (Å²) in [4.78, 5) is 6.63. The summed E-state index contributed by atoms with van der Waals surface area (Å²) in [6.45, 7) is 2.06. The maximum atomic E-state index is 5.37. The van der Waals surface area contributed by atoms with Gasteiger partial charge >= 0.3 is 0 Å². The molecular formula is C15H14N2O2S2. The summed E-state index contributed by atoms with van der Waals surface area (Å²) in [5.41, 5.74) is 0. The van der Waals surface area contributed by atoms with Crippen molar-refractivity contribution in [3.63, 3.8) is 0 Å². The van der Waals surface area contributed by atoms with Gasteiger partial charge in [-0.15, -0.1) is 23.1 Å². The number of nitrogens with zero attached hydrogens (tertiary/aromatic N) is 2. The standard InChI is InChI=1S/C15H14N2O2S2/c1-10(21-12-7-5-11(18-2)6-8-12)15-16-14(17-19-15)13-4-3-9-20-13/h3-10H,1-2H3. The van der Waals surface area contributed by atoms with E-state index in [4.69, 9.17) is 9.26 Å². The number of hydrogen-bond donors (Lipinski definition) is 0. The van der Waals surface area contributed by atoms with Crippen molar-refractivity contribution in [2.75, 3.05) is 7.11 Å². The largest absolute Gasteiger partial charge is 0.497 e. The van der Waals surface area contributed by atoms with Crippen LogP contribution in [0, 0.1) is 0 Å². The molecule has 0 saturated heterocycles. The summed E-state index contributed by atoms with van der Waals surface area (Å²) in [5.74, 6) is 2.14. The zero-order valence-corrected chi connectivity index (χ0v) is 13.3. The Hall–Kier alpha value is -1.79. The Bertz CT molecular complexity index is 693. The van der Waals surface area contributed by atoms with Crippen LogP contribution in [0.25, 0.3) is 10.7 Å². The highest BCUT2D eigenvalue weighted by molar-refractivity contribution is 7.99. The highest BCUT2D eigenvalue weighted by Gasteiger charge is 2.16. The molecule has 4 nitrogen and oxygen atoms in total. The van der Waals surface area contributed by atoms with E-state index in [9.17, 15) is 0 Å². The maximum Gasteiger partial charge on any atom is 0.240 e. The molecule has 108 valence electrons. The monoisotopic (exact) mass is 318 g/mol. The smallest absolute Gasteiger partial charge is 0.240 e. The Kier molecular flexibility index (Phi) is 4.26. The third-order valence-corrected chi connectivity index (χ3v) is 4.87. The number of ether oxygens (including phenoxy) is 1. The van der Waals surface area contributed by atoms with E-state index in [0.29, 0.717) is 11.7 Å². The van der Waals surface area contributed by atoms with Crippen LogP contribution >= 0.6 is 23.1 Å². The van der Waals surface area contributed by atoms with E-state index in [2.05, 4.69) is 17.1 Å². The molecule has 0 aliphatic heterocycles. The van der Waals surface area contributed by atoms with Gasteiger partial charge in [0.15, 0.2) is 0 Å². The molecule has 0 saturated carbocycles. The van der Waals surface area contributed by atoms with Crippen LogP contribution in [-0.4, -0.2) is 17.3 Å². The van der Waals surface area contributed by atoms with Gasteiger partial charge in [-0.05, 0) is 42.6 Å². The molecule has 2 heterocycles. The van der Waals surface area contributed by atoms with Gasteiger partial charge in [0.05, 0.1) is 17.2 Å². The predicted molar refractivity (Wildman–Crippen MR) is 84.9 cm³/mol. The molecule has 1 aromatic carbocycles. The molecule has 1 unspecified atom stereocenters. The molecule has 0 spiro atoms. The van der Waals surface area contributed by atoms with Crippen molar-refractivity contribution in [1.29, 1.82) is 0 Å². The highest BCUT2D eigenvalue weighted by Crippen LogP contribution is 2.35. The van der Waals surface area contributed by atoms with Crippen LogP contribution in [-0.2, 0) is 0 Å². The zero-order chi connectivity index (χ0) is 14.7. The fourth-order valence-electron chi connectivity index (χ4n) is 1.82. The second-order valence-electron chi connectivity index (χ2n) is 4.37. The molecule has 21 heavy (non-hydrogen) atoms. The van der Waals surface area contributed by atoms with Crippen LogP contribution in [0.5, 0.6) is 5.75 Å². The SMILES string of the molecule is COc1ccc(SC(C)c2nc(-c3cccs3)no2)cc1. The van der Waals surface area contributed by atoms with Crippen molar-refractivity contribution in [3.8, 4) is 16.5 Å². The molecule has 2 aromatic heterocycles. The van der Waals surface area contributed by atoms with Crippen molar-refractivity contribution in [2.45, 2.75) is 17.1 Å². The van der Waals surface area contributed by atoms with Gasteiger partial charge in [0, 0.05) is 4.90 Å². The number of thiophene rings is 1. The van der Waals surface area contributed by atoms with Gasteiger partial charge in [-0.25, -0.2) is 0 Å². The van der Waals surface area contributed by atoms with Gasteiger partial charge in [0.25, 0.3) is 0 Å². The van der Waals surface area contributed by atoms with Crippen LogP contribution in [0.2, 0.25) is 0 Å². The Balaban J connectivity index is 1.71. The molecule has 0 bridgehead atoms. The highest BCUT2D eigenvalue weighted by atomic mass is 32.2. The van der Waals surface area contributed by atoms with E-state index in [1.165, 1.54) is 0 Å². The minimum Gasteiger partial charge on any atom is -0.497 e. The molecule has 3 rings (SSSR count). The average Bonchev–Trinajstić information content (AvgIpc) is 3.19. The first kappa shape index (κ1) is 14.2. The van der Waals surface area contributed by atoms with Gasteiger partial charge in [-0.1, -0.05) is 11.2 Å².